The highest BCUT2D eigenvalue weighted by atomic mass is 19.4. The number of aromatic nitrogens is 4. The molecule has 3 aromatic rings. The van der Waals surface area contributed by atoms with Crippen LogP contribution in [0.1, 0.15) is 105 Å². The molecule has 45 heavy (non-hydrogen) atoms. The zero-order valence-corrected chi connectivity index (χ0v) is 25.7. The first-order valence-electron chi connectivity index (χ1n) is 15.1. The van der Waals surface area contributed by atoms with Gasteiger partial charge in [-0.05, 0) is 79.3 Å². The topological polar surface area (TPSA) is 116 Å². The number of H-pyrrole nitrogens is 1. The number of alkyl halides is 3. The molecule has 0 radical (unpaired) electrons. The zero-order valence-electron chi connectivity index (χ0n) is 25.7. The Morgan fingerprint density at radius 1 is 1.11 bits per heavy atom. The lowest BCUT2D eigenvalue weighted by molar-refractivity contribution is -0.138. The molecule has 2 aliphatic rings. The molecule has 1 saturated carbocycles. The van der Waals surface area contributed by atoms with Crippen molar-refractivity contribution in [2.75, 3.05) is 0 Å². The summed E-state index contributed by atoms with van der Waals surface area (Å²) in [6.45, 7) is 8.60. The Labute approximate surface area is 258 Å². The molecule has 13 heteroatoms. The molecule has 2 N–H and O–H groups in total. The number of rotatable bonds is 8. The highest BCUT2D eigenvalue weighted by molar-refractivity contribution is 6.46. The van der Waals surface area contributed by atoms with Crippen LogP contribution >= 0.6 is 0 Å². The minimum atomic E-state index is -4.79. The second-order valence-corrected chi connectivity index (χ2v) is 12.9. The summed E-state index contributed by atoms with van der Waals surface area (Å²) >= 11 is 0. The molecule has 9 nitrogen and oxygen atoms in total. The number of halogens is 4. The Bertz CT molecular complexity index is 1560. The van der Waals surface area contributed by atoms with Crippen LogP contribution in [0.2, 0.25) is 0 Å². The third kappa shape index (κ3) is 6.76. The van der Waals surface area contributed by atoms with Crippen LogP contribution in [0.3, 0.4) is 0 Å². The molecule has 0 saturated heterocycles. The van der Waals surface area contributed by atoms with E-state index in [1.54, 1.807) is 29.2 Å². The van der Waals surface area contributed by atoms with Gasteiger partial charge in [-0.15, -0.1) is 10.2 Å². The molecule has 1 atom stereocenters. The van der Waals surface area contributed by atoms with E-state index in [1.165, 1.54) is 0 Å². The number of hydrogen-bond donors (Lipinski definition) is 2. The average Bonchev–Trinajstić information content (AvgIpc) is 3.60. The van der Waals surface area contributed by atoms with Gasteiger partial charge in [0.25, 0.3) is 11.8 Å². The van der Waals surface area contributed by atoms with E-state index in [9.17, 15) is 27.2 Å². The lowest BCUT2D eigenvalue weighted by Crippen LogP contribution is -2.51. The Balaban J connectivity index is 1.50. The van der Waals surface area contributed by atoms with Crippen molar-refractivity contribution >= 4 is 17.5 Å². The number of amides is 2. The summed E-state index contributed by atoms with van der Waals surface area (Å²) in [6, 6.07) is 8.59. The summed E-state index contributed by atoms with van der Waals surface area (Å²) in [5.74, 6) is -1.25. The molecular formula is C32H37F4N7O2. The maximum atomic E-state index is 14.5. The molecule has 1 aliphatic carbocycles. The highest BCUT2D eigenvalue weighted by Gasteiger charge is 2.52. The summed E-state index contributed by atoms with van der Waals surface area (Å²) in [4.78, 5) is 33.7. The number of nitrogens with one attached hydrogen (secondary N) is 2. The first kappa shape index (κ1) is 32.2. The van der Waals surface area contributed by atoms with E-state index in [1.807, 2.05) is 6.92 Å². The van der Waals surface area contributed by atoms with Gasteiger partial charge in [-0.25, -0.2) is 4.39 Å². The van der Waals surface area contributed by atoms with Gasteiger partial charge in [0.05, 0.1) is 18.2 Å². The Kier molecular flexibility index (Phi) is 8.83. The average molecular weight is 628 g/mol. The van der Waals surface area contributed by atoms with E-state index in [4.69, 9.17) is 4.99 Å². The van der Waals surface area contributed by atoms with Gasteiger partial charge in [0.1, 0.15) is 17.2 Å². The smallest absolute Gasteiger partial charge is 0.345 e. The summed E-state index contributed by atoms with van der Waals surface area (Å²) in [6.07, 6.45) is -0.913. The van der Waals surface area contributed by atoms with Crippen molar-refractivity contribution in [3.63, 3.8) is 0 Å². The van der Waals surface area contributed by atoms with Crippen LogP contribution in [0.5, 0.6) is 0 Å². The van der Waals surface area contributed by atoms with Crippen molar-refractivity contribution in [2.45, 2.75) is 90.6 Å². The quantitative estimate of drug-likeness (QED) is 0.281. The fourth-order valence-corrected chi connectivity index (χ4v) is 6.52. The second kappa shape index (κ2) is 12.3. The number of tetrazole rings is 1. The minimum Gasteiger partial charge on any atom is -0.345 e. The molecule has 0 unspecified atom stereocenters. The second-order valence-electron chi connectivity index (χ2n) is 12.9. The van der Waals surface area contributed by atoms with Crippen LogP contribution in [0.15, 0.2) is 47.5 Å². The predicted octanol–water partition coefficient (Wildman–Crippen LogP) is 6.39. The van der Waals surface area contributed by atoms with Gasteiger partial charge in [-0.2, -0.15) is 18.4 Å². The standard InChI is InChI=1S/C32H37F4N7O2/c1-5-6-25(19-7-9-20(10-8-19)28(44)37-18-26-39-41-42-40-26)43-29(45)27(21-15-23(32(34,35)36)17-24(33)16-21)38-31(43)13-11-22(12-14-31)30(2,3)4/h7-10,15-17,22,25H,5-6,11-14,18H2,1-4H3,(H,37,44)(H,39,40,41,42)/t22?,25-,31?/m1/s1. The molecule has 240 valence electrons. The van der Waals surface area contributed by atoms with Crippen LogP contribution in [-0.4, -0.2) is 48.7 Å². The van der Waals surface area contributed by atoms with Gasteiger partial charge < -0.3 is 10.2 Å². The molecule has 2 heterocycles. The van der Waals surface area contributed by atoms with Crippen molar-refractivity contribution in [1.29, 1.82) is 0 Å². The van der Waals surface area contributed by atoms with Crippen LogP contribution in [0.4, 0.5) is 17.6 Å². The van der Waals surface area contributed by atoms with Gasteiger partial charge in [0.15, 0.2) is 5.82 Å². The van der Waals surface area contributed by atoms with Gasteiger partial charge in [-0.1, -0.05) is 51.5 Å². The number of nitrogens with zero attached hydrogens (tertiary/aromatic N) is 5. The summed E-state index contributed by atoms with van der Waals surface area (Å²) in [7, 11) is 0. The van der Waals surface area contributed by atoms with Crippen LogP contribution in [-0.2, 0) is 17.5 Å². The van der Waals surface area contributed by atoms with E-state index in [2.05, 4.69) is 46.7 Å². The van der Waals surface area contributed by atoms with Crippen molar-refractivity contribution in [3.8, 4) is 0 Å². The number of carbonyl (C=O) groups is 2. The van der Waals surface area contributed by atoms with Crippen molar-refractivity contribution in [2.24, 2.45) is 16.3 Å². The first-order chi connectivity index (χ1) is 21.2. The maximum Gasteiger partial charge on any atom is 0.416 e. The zero-order chi connectivity index (χ0) is 32.6. The lowest BCUT2D eigenvalue weighted by Gasteiger charge is -2.47. The summed E-state index contributed by atoms with van der Waals surface area (Å²) in [5.41, 5.74) is -1.31. The number of aliphatic imine (C=N–C) groups is 1. The number of hydrogen-bond acceptors (Lipinski definition) is 6. The highest BCUT2D eigenvalue weighted by Crippen LogP contribution is 2.50. The lowest BCUT2D eigenvalue weighted by atomic mass is 9.69. The van der Waals surface area contributed by atoms with Crippen LogP contribution in [0, 0.1) is 17.2 Å². The van der Waals surface area contributed by atoms with E-state index in [0.717, 1.165) is 30.5 Å². The molecule has 1 aromatic heterocycles. The van der Waals surface area contributed by atoms with Crippen LogP contribution < -0.4 is 5.32 Å². The van der Waals surface area contributed by atoms with E-state index >= 15 is 0 Å². The molecule has 1 fully saturated rings. The maximum absolute atomic E-state index is 14.5. The summed E-state index contributed by atoms with van der Waals surface area (Å²) < 4.78 is 55.4. The van der Waals surface area contributed by atoms with Gasteiger partial charge in [-0.3, -0.25) is 14.6 Å². The van der Waals surface area contributed by atoms with Crippen molar-refractivity contribution in [3.05, 3.63) is 76.4 Å². The van der Waals surface area contributed by atoms with Crippen molar-refractivity contribution in [1.82, 2.24) is 30.8 Å². The Hall–Kier alpha value is -4.16. The number of carbonyl (C=O) groups excluding carboxylic acids is 2. The Morgan fingerprint density at radius 2 is 1.80 bits per heavy atom. The molecule has 0 bridgehead atoms. The molecule has 1 spiro atoms. The molecule has 2 aromatic carbocycles. The number of aromatic amines is 1. The fraction of sp³-hybridized carbons (Fsp3) is 0.500. The minimum absolute atomic E-state index is 0.0364. The first-order valence-corrected chi connectivity index (χ1v) is 15.1. The van der Waals surface area contributed by atoms with E-state index < -0.39 is 35.2 Å². The van der Waals surface area contributed by atoms with Gasteiger partial charge >= 0.3 is 6.18 Å². The normalized spacial score (nSPS) is 21.2. The molecule has 2 amide bonds. The van der Waals surface area contributed by atoms with E-state index in [0.29, 0.717) is 49.1 Å². The molecular weight excluding hydrogens is 590 g/mol. The third-order valence-corrected chi connectivity index (χ3v) is 8.93. The van der Waals surface area contributed by atoms with Gasteiger partial charge in [0.2, 0.25) is 0 Å². The number of benzene rings is 2. The largest absolute Gasteiger partial charge is 0.416 e. The predicted molar refractivity (Wildman–Crippen MR) is 158 cm³/mol. The monoisotopic (exact) mass is 627 g/mol. The Morgan fingerprint density at radius 3 is 2.38 bits per heavy atom. The van der Waals surface area contributed by atoms with E-state index in [-0.39, 0.29) is 29.1 Å². The molecule has 5 rings (SSSR count). The van der Waals surface area contributed by atoms with Crippen molar-refractivity contribution < 1.29 is 27.2 Å². The SMILES string of the molecule is CCC[C@H](c1ccc(C(=O)NCc2nn[nH]n2)cc1)N1C(=O)C(c2cc(F)cc(C(F)(F)F)c2)=NC12CCC(C(C)(C)C)CC2. The van der Waals surface area contributed by atoms with Crippen LogP contribution in [0.25, 0.3) is 0 Å². The van der Waals surface area contributed by atoms with Gasteiger partial charge in [0, 0.05) is 11.1 Å². The fourth-order valence-electron chi connectivity index (χ4n) is 6.52. The molecule has 1 aliphatic heterocycles. The summed E-state index contributed by atoms with van der Waals surface area (Å²) in [5, 5.41) is 16.1. The third-order valence-electron chi connectivity index (χ3n) is 8.93.